The predicted molar refractivity (Wildman–Crippen MR) is 78.6 cm³/mol. The first kappa shape index (κ1) is 13.2. The van der Waals surface area contributed by atoms with Gasteiger partial charge in [-0.1, -0.05) is 0 Å². The number of carbonyl (C=O) groups excluding carboxylic acids is 1. The molecule has 0 radical (unpaired) electrons. The van der Waals surface area contributed by atoms with Crippen molar-refractivity contribution in [3.8, 4) is 5.69 Å². The van der Waals surface area contributed by atoms with E-state index >= 15 is 0 Å². The number of anilines is 1. The summed E-state index contributed by atoms with van der Waals surface area (Å²) in [6.07, 6.45) is 5.29. The molecule has 7 heteroatoms. The van der Waals surface area contributed by atoms with Crippen LogP contribution in [0.5, 0.6) is 0 Å². The molecule has 1 aromatic carbocycles. The van der Waals surface area contributed by atoms with Gasteiger partial charge < -0.3 is 14.3 Å². The highest BCUT2D eigenvalue weighted by Crippen LogP contribution is 2.25. The summed E-state index contributed by atoms with van der Waals surface area (Å²) >= 11 is 0. The molecule has 0 saturated carbocycles. The van der Waals surface area contributed by atoms with E-state index in [9.17, 15) is 4.79 Å². The number of fused-ring (bicyclic) bond motifs is 1. The normalized spacial score (nSPS) is 10.8. The topological polar surface area (TPSA) is 85.0 Å². The lowest BCUT2D eigenvalue weighted by molar-refractivity contribution is 0.252. The average Bonchev–Trinajstić information content (AvgIpc) is 3.07. The number of rotatable bonds is 3. The molecule has 0 spiro atoms. The molecule has 0 aliphatic heterocycles. The van der Waals surface area contributed by atoms with Gasteiger partial charge in [-0.15, -0.1) is 0 Å². The maximum Gasteiger partial charge on any atom is 0.322 e. The first-order chi connectivity index (χ1) is 10.2. The van der Waals surface area contributed by atoms with Crippen LogP contribution in [0.3, 0.4) is 0 Å². The van der Waals surface area contributed by atoms with Gasteiger partial charge in [-0.05, 0) is 31.5 Å². The van der Waals surface area contributed by atoms with Crippen molar-refractivity contribution >= 4 is 23.1 Å². The van der Waals surface area contributed by atoms with E-state index in [4.69, 9.17) is 4.42 Å². The largest absolute Gasteiger partial charge is 0.423 e. The zero-order valence-electron chi connectivity index (χ0n) is 11.8. The molecule has 21 heavy (non-hydrogen) atoms. The van der Waals surface area contributed by atoms with Gasteiger partial charge >= 0.3 is 12.0 Å². The average molecular weight is 285 g/mol. The van der Waals surface area contributed by atoms with Crippen LogP contribution in [-0.4, -0.2) is 27.1 Å². The first-order valence-corrected chi connectivity index (χ1v) is 6.61. The van der Waals surface area contributed by atoms with Crippen molar-refractivity contribution in [3.05, 3.63) is 36.4 Å². The second-order valence-corrected chi connectivity index (χ2v) is 4.58. The Labute approximate surface area is 121 Å². The van der Waals surface area contributed by atoms with Crippen LogP contribution in [0.1, 0.15) is 12.5 Å². The molecule has 0 bridgehead atoms. The van der Waals surface area contributed by atoms with Gasteiger partial charge in [0.25, 0.3) is 0 Å². The number of hydrogen-bond acceptors (Lipinski definition) is 4. The number of nitrogens with zero attached hydrogens (tertiary/aromatic N) is 3. The molecule has 0 aliphatic rings. The zero-order chi connectivity index (χ0) is 14.8. The number of aryl methyl sites for hydroxylation is 1. The van der Waals surface area contributed by atoms with Crippen LogP contribution < -0.4 is 10.6 Å². The summed E-state index contributed by atoms with van der Waals surface area (Å²) in [5.41, 5.74) is 3.22. The number of nitrogens with one attached hydrogen (secondary N) is 2. The Morgan fingerprint density at radius 2 is 2.29 bits per heavy atom. The van der Waals surface area contributed by atoms with Gasteiger partial charge in [0.15, 0.2) is 5.58 Å². The summed E-state index contributed by atoms with van der Waals surface area (Å²) in [6.45, 7) is 4.31. The van der Waals surface area contributed by atoms with Crippen LogP contribution in [-0.2, 0) is 0 Å². The van der Waals surface area contributed by atoms with E-state index in [2.05, 4.69) is 20.6 Å². The van der Waals surface area contributed by atoms with E-state index in [1.807, 2.05) is 36.7 Å². The molecule has 0 saturated heterocycles. The van der Waals surface area contributed by atoms with Gasteiger partial charge in [-0.25, -0.2) is 9.78 Å². The smallest absolute Gasteiger partial charge is 0.322 e. The molecule has 0 fully saturated rings. The van der Waals surface area contributed by atoms with Crippen molar-refractivity contribution < 1.29 is 9.21 Å². The van der Waals surface area contributed by atoms with Crippen molar-refractivity contribution in [3.63, 3.8) is 0 Å². The fourth-order valence-electron chi connectivity index (χ4n) is 2.10. The molecule has 3 aromatic rings. The van der Waals surface area contributed by atoms with E-state index in [1.165, 1.54) is 0 Å². The molecule has 2 amide bonds. The van der Waals surface area contributed by atoms with Crippen molar-refractivity contribution in [2.75, 3.05) is 11.9 Å². The van der Waals surface area contributed by atoms with E-state index < -0.39 is 0 Å². The van der Waals surface area contributed by atoms with E-state index in [0.717, 1.165) is 11.3 Å². The summed E-state index contributed by atoms with van der Waals surface area (Å²) in [7, 11) is 0. The summed E-state index contributed by atoms with van der Waals surface area (Å²) in [5.74, 6) is 0. The van der Waals surface area contributed by atoms with Crippen molar-refractivity contribution in [2.45, 2.75) is 13.8 Å². The highest BCUT2D eigenvalue weighted by atomic mass is 16.4. The molecule has 7 nitrogen and oxygen atoms in total. The number of urea groups is 1. The number of imidazole rings is 1. The molecule has 2 heterocycles. The second-order valence-electron chi connectivity index (χ2n) is 4.58. The minimum Gasteiger partial charge on any atom is -0.423 e. The fraction of sp³-hybridized carbons (Fsp3) is 0.214. The maximum atomic E-state index is 11.5. The van der Waals surface area contributed by atoms with Crippen LogP contribution in [0.2, 0.25) is 0 Å². The minimum atomic E-state index is -0.337. The Bertz CT molecular complexity index is 776. The molecule has 108 valence electrons. The van der Waals surface area contributed by atoms with Crippen LogP contribution >= 0.6 is 0 Å². The number of benzene rings is 1. The Balaban J connectivity index is 1.97. The van der Waals surface area contributed by atoms with Gasteiger partial charge in [0.1, 0.15) is 5.52 Å². The lowest BCUT2D eigenvalue weighted by Gasteiger charge is -2.02. The van der Waals surface area contributed by atoms with Gasteiger partial charge in [0.05, 0.1) is 6.33 Å². The van der Waals surface area contributed by atoms with Crippen molar-refractivity contribution in [1.29, 1.82) is 0 Å². The quantitative estimate of drug-likeness (QED) is 0.774. The third kappa shape index (κ3) is 2.58. The number of carbonyl (C=O) groups is 1. The third-order valence-corrected chi connectivity index (χ3v) is 3.02. The molecular weight excluding hydrogens is 270 g/mol. The van der Waals surface area contributed by atoms with E-state index in [1.54, 1.807) is 12.5 Å². The second kappa shape index (κ2) is 5.28. The van der Waals surface area contributed by atoms with Crippen molar-refractivity contribution in [1.82, 2.24) is 19.9 Å². The number of amides is 2. The maximum absolute atomic E-state index is 11.5. The Morgan fingerprint density at radius 1 is 1.43 bits per heavy atom. The molecule has 0 unspecified atom stereocenters. The van der Waals surface area contributed by atoms with Crippen LogP contribution in [0.15, 0.2) is 35.3 Å². The number of aromatic nitrogens is 3. The zero-order valence-corrected chi connectivity index (χ0v) is 11.8. The van der Waals surface area contributed by atoms with Gasteiger partial charge in [-0.3, -0.25) is 5.32 Å². The SMILES string of the molecule is CCNC(=O)Nc1nc2cc(-n3ccnc3)cc(C)c2o1. The highest BCUT2D eigenvalue weighted by Gasteiger charge is 2.12. The molecule has 2 N–H and O–H groups in total. The summed E-state index contributed by atoms with van der Waals surface area (Å²) in [4.78, 5) is 19.8. The van der Waals surface area contributed by atoms with Gasteiger partial charge in [0, 0.05) is 24.6 Å². The van der Waals surface area contributed by atoms with Crippen LogP contribution in [0, 0.1) is 6.92 Å². The lowest BCUT2D eigenvalue weighted by atomic mass is 10.2. The third-order valence-electron chi connectivity index (χ3n) is 3.02. The fourth-order valence-corrected chi connectivity index (χ4v) is 2.10. The lowest BCUT2D eigenvalue weighted by Crippen LogP contribution is -2.28. The van der Waals surface area contributed by atoms with Gasteiger partial charge in [-0.2, -0.15) is 4.98 Å². The van der Waals surface area contributed by atoms with Crippen molar-refractivity contribution in [2.24, 2.45) is 0 Å². The molecule has 0 aliphatic carbocycles. The van der Waals surface area contributed by atoms with Gasteiger partial charge in [0.2, 0.25) is 0 Å². The van der Waals surface area contributed by atoms with E-state index in [0.29, 0.717) is 17.6 Å². The number of hydrogen-bond donors (Lipinski definition) is 2. The summed E-state index contributed by atoms with van der Waals surface area (Å²) in [6, 6.07) is 3.71. The summed E-state index contributed by atoms with van der Waals surface area (Å²) < 4.78 is 7.47. The minimum absolute atomic E-state index is 0.182. The number of oxazole rings is 1. The highest BCUT2D eigenvalue weighted by molar-refractivity contribution is 5.89. The standard InChI is InChI=1S/C14H15N5O2/c1-3-16-13(20)18-14-17-11-7-10(19-5-4-15-8-19)6-9(2)12(11)21-14/h4-8H,3H2,1-2H3,(H2,16,17,18,20). The Morgan fingerprint density at radius 3 is 3.00 bits per heavy atom. The predicted octanol–water partition coefficient (Wildman–Crippen LogP) is 2.46. The molecular formula is C14H15N5O2. The molecule has 2 aromatic heterocycles. The monoisotopic (exact) mass is 285 g/mol. The first-order valence-electron chi connectivity index (χ1n) is 6.61. The summed E-state index contributed by atoms with van der Waals surface area (Å²) in [5, 5.41) is 5.19. The van der Waals surface area contributed by atoms with Crippen LogP contribution in [0.4, 0.5) is 10.8 Å². The molecule has 3 rings (SSSR count). The Kier molecular flexibility index (Phi) is 3.31. The Hall–Kier alpha value is -2.83. The molecule has 0 atom stereocenters. The van der Waals surface area contributed by atoms with E-state index in [-0.39, 0.29) is 12.0 Å². The van der Waals surface area contributed by atoms with Crippen LogP contribution in [0.25, 0.3) is 16.8 Å².